The highest BCUT2D eigenvalue weighted by Gasteiger charge is 2.41. The number of aromatic amines is 1. The summed E-state index contributed by atoms with van der Waals surface area (Å²) in [5, 5.41) is 25.8. The van der Waals surface area contributed by atoms with Crippen molar-refractivity contribution in [2.45, 2.75) is 191 Å². The monoisotopic (exact) mass is 1290 g/mol. The number of rotatable bonds is 44. The predicted octanol–water partition coefficient (Wildman–Crippen LogP) is -3.41. The van der Waals surface area contributed by atoms with Crippen LogP contribution < -0.4 is 76.1 Å². The van der Waals surface area contributed by atoms with E-state index in [2.05, 4.69) is 76.3 Å². The average Bonchev–Trinajstić information content (AvgIpc) is 1.96. The molecule has 2 rings (SSSR count). The highest BCUT2D eigenvalue weighted by molar-refractivity contribution is 7.98. The van der Waals surface area contributed by atoms with Crippen LogP contribution in [0.5, 0.6) is 0 Å². The molecular formula is C58H95N17O14S. The SMILES string of the molecule is C=CC[C@H](NC(=O)[C@H](CCC(N)=O)NC(=O)CNC(=O)[C@H](CCC(N)=O)NC(=O)[C@H](Cc1cnc[nH]1)NC(=O)[C@@H]1CCCN1C(=O)[C@H](CCCCN)NC(=O)[C@@H](NC(=O)[C@H](CC=C)NC(=O)[C@H](CCSC)NC(C)=O)[C@@H](C)CC)C(=O)N[C@H](C(N)=O)[C@@H](C)CC. The number of thioether (sulfide) groups is 1. The Hall–Kier alpha value is -8.42. The molecule has 1 aromatic heterocycles. The van der Waals surface area contributed by atoms with Gasteiger partial charge in [-0.25, -0.2) is 4.98 Å². The van der Waals surface area contributed by atoms with Crippen molar-refractivity contribution in [1.29, 1.82) is 0 Å². The van der Waals surface area contributed by atoms with E-state index < -0.39 is 175 Å². The van der Waals surface area contributed by atoms with Crippen molar-refractivity contribution in [2.24, 2.45) is 34.8 Å². The van der Waals surface area contributed by atoms with E-state index in [1.54, 1.807) is 27.7 Å². The quantitative estimate of drug-likeness (QED) is 0.0224. The van der Waals surface area contributed by atoms with Gasteiger partial charge in [0.25, 0.3) is 0 Å². The summed E-state index contributed by atoms with van der Waals surface area (Å²) in [6.45, 7) is 15.1. The summed E-state index contributed by atoms with van der Waals surface area (Å²) in [7, 11) is 0. The van der Waals surface area contributed by atoms with Gasteiger partial charge in [0.15, 0.2) is 0 Å². The largest absolute Gasteiger partial charge is 0.370 e. The van der Waals surface area contributed by atoms with Gasteiger partial charge < -0.3 is 86.0 Å². The fraction of sp³-hybridized carbons (Fsp3) is 0.638. The van der Waals surface area contributed by atoms with E-state index in [0.717, 1.165) is 0 Å². The van der Waals surface area contributed by atoms with Crippen LogP contribution in [-0.4, -0.2) is 190 Å². The van der Waals surface area contributed by atoms with Crippen molar-refractivity contribution in [3.05, 3.63) is 43.5 Å². The maximum absolute atomic E-state index is 14.7. The Bertz CT molecular complexity index is 2650. The maximum Gasteiger partial charge on any atom is 0.245 e. The molecule has 32 heteroatoms. The van der Waals surface area contributed by atoms with Crippen LogP contribution in [0.2, 0.25) is 0 Å². The number of carbonyl (C=O) groups is 14. The van der Waals surface area contributed by atoms with Gasteiger partial charge in [-0.1, -0.05) is 52.7 Å². The lowest BCUT2D eigenvalue weighted by Gasteiger charge is -2.32. The molecule has 0 aromatic carbocycles. The van der Waals surface area contributed by atoms with Crippen molar-refractivity contribution in [3.63, 3.8) is 0 Å². The van der Waals surface area contributed by atoms with Crippen LogP contribution in [0.3, 0.4) is 0 Å². The number of carbonyl (C=O) groups excluding carboxylic acids is 14. The molecule has 19 N–H and O–H groups in total. The second-order valence-corrected chi connectivity index (χ2v) is 23.1. The number of H-pyrrole nitrogens is 1. The van der Waals surface area contributed by atoms with Gasteiger partial charge in [-0.15, -0.1) is 13.2 Å². The first-order valence-electron chi connectivity index (χ1n) is 30.2. The number of imidazole rings is 1. The van der Waals surface area contributed by atoms with Crippen molar-refractivity contribution >= 4 is 94.5 Å². The van der Waals surface area contributed by atoms with Crippen LogP contribution in [0, 0.1) is 11.8 Å². The smallest absolute Gasteiger partial charge is 0.245 e. The zero-order valence-electron chi connectivity index (χ0n) is 52.4. The second kappa shape index (κ2) is 41.0. The number of unbranched alkanes of at least 4 members (excludes halogenated alkanes) is 1. The number of likely N-dealkylation sites (tertiary alicyclic amines) is 1. The Morgan fingerprint density at radius 1 is 0.644 bits per heavy atom. The molecule has 2 heterocycles. The number of amides is 14. The fourth-order valence-electron chi connectivity index (χ4n) is 9.56. The molecule has 1 aliphatic rings. The number of nitrogens with two attached hydrogens (primary N) is 4. The van der Waals surface area contributed by atoms with Crippen LogP contribution in [0.15, 0.2) is 37.8 Å². The highest BCUT2D eigenvalue weighted by atomic mass is 32.2. The maximum atomic E-state index is 14.7. The van der Waals surface area contributed by atoms with Gasteiger partial charge >= 0.3 is 0 Å². The van der Waals surface area contributed by atoms with Gasteiger partial charge in [-0.05, 0) is 94.6 Å². The summed E-state index contributed by atoms with van der Waals surface area (Å²) < 4.78 is 0. The summed E-state index contributed by atoms with van der Waals surface area (Å²) in [5.74, 6) is -11.5. The van der Waals surface area contributed by atoms with Gasteiger partial charge in [0.2, 0.25) is 82.7 Å². The lowest BCUT2D eigenvalue weighted by molar-refractivity contribution is -0.143. The summed E-state index contributed by atoms with van der Waals surface area (Å²) in [5.41, 5.74) is 22.5. The zero-order valence-corrected chi connectivity index (χ0v) is 53.2. The van der Waals surface area contributed by atoms with E-state index >= 15 is 0 Å². The topological polar surface area (TPSA) is 495 Å². The van der Waals surface area contributed by atoms with Crippen LogP contribution >= 0.6 is 11.8 Å². The Balaban J connectivity index is 2.40. The lowest BCUT2D eigenvalue weighted by atomic mass is 9.96. The van der Waals surface area contributed by atoms with Crippen molar-refractivity contribution < 1.29 is 67.1 Å². The molecule has 1 saturated heterocycles. The van der Waals surface area contributed by atoms with E-state index in [9.17, 15) is 67.1 Å². The normalized spacial score (nSPS) is 16.3. The van der Waals surface area contributed by atoms with Crippen LogP contribution in [-0.2, 0) is 73.5 Å². The number of hydrogen-bond donors (Lipinski definition) is 15. The summed E-state index contributed by atoms with van der Waals surface area (Å²) in [4.78, 5) is 196. The average molecular weight is 1290 g/mol. The van der Waals surface area contributed by atoms with Crippen LogP contribution in [0.4, 0.5) is 0 Å². The van der Waals surface area contributed by atoms with E-state index in [-0.39, 0.29) is 64.0 Å². The molecular weight excluding hydrogens is 1190 g/mol. The minimum atomic E-state index is -1.58. The molecule has 1 aromatic rings. The third-order valence-corrected chi connectivity index (χ3v) is 15.7. The molecule has 0 unspecified atom stereocenters. The minimum absolute atomic E-state index is 0.0315. The molecule has 0 bridgehead atoms. The summed E-state index contributed by atoms with van der Waals surface area (Å²) >= 11 is 1.46. The number of aromatic nitrogens is 2. The first kappa shape index (κ1) is 77.7. The third kappa shape index (κ3) is 27.1. The molecule has 0 spiro atoms. The summed E-state index contributed by atoms with van der Waals surface area (Å²) in [6, 6.07) is -12.8. The van der Waals surface area contributed by atoms with Gasteiger partial charge in [0.1, 0.15) is 60.4 Å². The molecule has 502 valence electrons. The van der Waals surface area contributed by atoms with Crippen LogP contribution in [0.1, 0.15) is 130 Å². The van der Waals surface area contributed by atoms with E-state index in [1.807, 2.05) is 6.26 Å². The zero-order chi connectivity index (χ0) is 67.6. The second-order valence-electron chi connectivity index (χ2n) is 22.1. The van der Waals surface area contributed by atoms with E-state index in [0.29, 0.717) is 43.6 Å². The minimum Gasteiger partial charge on any atom is -0.370 e. The molecule has 0 aliphatic carbocycles. The van der Waals surface area contributed by atoms with Gasteiger partial charge in [-0.3, -0.25) is 67.1 Å². The van der Waals surface area contributed by atoms with Crippen molar-refractivity contribution in [1.82, 2.24) is 68.0 Å². The number of hydrogen-bond acceptors (Lipinski definition) is 17. The molecule has 12 atom stereocenters. The third-order valence-electron chi connectivity index (χ3n) is 15.1. The van der Waals surface area contributed by atoms with Crippen LogP contribution in [0.25, 0.3) is 0 Å². The molecule has 0 saturated carbocycles. The summed E-state index contributed by atoms with van der Waals surface area (Å²) in [6.07, 6.45) is 7.77. The van der Waals surface area contributed by atoms with Gasteiger partial charge in [0, 0.05) is 44.6 Å². The fourth-order valence-corrected chi connectivity index (χ4v) is 10.0. The highest BCUT2D eigenvalue weighted by Crippen LogP contribution is 2.22. The molecule has 31 nitrogen and oxygen atoms in total. The molecule has 1 fully saturated rings. The molecule has 1 aliphatic heterocycles. The van der Waals surface area contributed by atoms with Gasteiger partial charge in [0.05, 0.1) is 12.9 Å². The Kier molecular flexibility index (Phi) is 35.4. The number of nitrogens with zero attached hydrogens (tertiary/aromatic N) is 2. The number of nitrogens with one attached hydrogen (secondary N) is 11. The van der Waals surface area contributed by atoms with E-state index in [1.165, 1.54) is 48.3 Å². The van der Waals surface area contributed by atoms with E-state index in [4.69, 9.17) is 22.9 Å². The number of primary amides is 3. The molecule has 14 amide bonds. The Labute approximate surface area is 529 Å². The predicted molar refractivity (Wildman–Crippen MR) is 334 cm³/mol. The first-order chi connectivity index (χ1) is 42.7. The Morgan fingerprint density at radius 3 is 1.66 bits per heavy atom. The Morgan fingerprint density at radius 2 is 1.16 bits per heavy atom. The van der Waals surface area contributed by atoms with Gasteiger partial charge in [-0.2, -0.15) is 11.8 Å². The van der Waals surface area contributed by atoms with Crippen molar-refractivity contribution in [2.75, 3.05) is 31.6 Å². The standard InChI is InChI=1S/C58H95N17O14S/c1-9-16-36(53(84)73-47(49(62)80)32(5)11-3)68-51(82)39(21-23-45(61)78)67-46(79)30-64-50(81)38(20-22-44(60)77)70-55(86)42(28-35-29-63-31-65-35)72-56(87)43-19-15-26-75(43)58(89)41(18-13-14-25-59)71-57(88)48(33(6)12-4)74-54(85)37(17-10-2)69-52(83)40(24-27-90-8)66-34(7)76/h9-10,29,31-33,36-43,47-48H,1-2,11-28,30,59H2,3-8H3,(H2,60,77)(H2,61,78)(H2,62,80)(H,63,65)(H,64,81)(H,66,76)(H,67,79)(H,68,82)(H,69,83)(H,70,86)(H,71,88)(H,72,87)(H,73,84)(H,74,85)/t32-,33-,36-,37-,38-,39-,40-,41-,42-,43-,47-,48-/m0/s1. The molecule has 0 radical (unpaired) electrons. The lowest BCUT2D eigenvalue weighted by Crippen LogP contribution is -2.61. The first-order valence-corrected chi connectivity index (χ1v) is 31.6. The molecule has 90 heavy (non-hydrogen) atoms. The van der Waals surface area contributed by atoms with Crippen molar-refractivity contribution in [3.8, 4) is 0 Å².